The Morgan fingerprint density at radius 1 is 1.12 bits per heavy atom. The van der Waals surface area contributed by atoms with Crippen LogP contribution in [0, 0.1) is 0 Å². The van der Waals surface area contributed by atoms with Crippen molar-refractivity contribution in [2.75, 3.05) is 26.0 Å². The van der Waals surface area contributed by atoms with Crippen LogP contribution in [0.4, 0.5) is 5.82 Å². The van der Waals surface area contributed by atoms with Crippen LogP contribution >= 0.6 is 0 Å². The molecule has 0 fully saturated rings. The first-order valence-electron chi connectivity index (χ1n) is 10.8. The largest absolute Gasteiger partial charge is 0.383 e. The van der Waals surface area contributed by atoms with E-state index in [4.69, 9.17) is 15.5 Å². The molecule has 4 rings (SSSR count). The van der Waals surface area contributed by atoms with Gasteiger partial charge < -0.3 is 15.8 Å². The SMILES string of the molecule is COCCNC(=O)c1c(N)n(N=Cc2ccc(C(C)(C)C)cc2)c2nc3ccccc3nc12. The van der Waals surface area contributed by atoms with E-state index in [1.54, 1.807) is 13.3 Å². The van der Waals surface area contributed by atoms with Crippen molar-refractivity contribution in [3.05, 3.63) is 65.2 Å². The maximum absolute atomic E-state index is 12.9. The van der Waals surface area contributed by atoms with Crippen LogP contribution in [-0.2, 0) is 10.2 Å². The number of carbonyl (C=O) groups excluding carboxylic acids is 1. The second-order valence-corrected chi connectivity index (χ2v) is 8.82. The van der Waals surface area contributed by atoms with Crippen molar-refractivity contribution in [3.63, 3.8) is 0 Å². The van der Waals surface area contributed by atoms with E-state index in [1.807, 2.05) is 36.4 Å². The molecule has 0 aliphatic carbocycles. The Morgan fingerprint density at radius 2 is 1.79 bits per heavy atom. The molecule has 0 spiro atoms. The number of para-hydroxylation sites is 2. The lowest BCUT2D eigenvalue weighted by Crippen LogP contribution is -2.27. The van der Waals surface area contributed by atoms with Crippen LogP contribution in [0.15, 0.2) is 53.6 Å². The molecule has 2 heterocycles. The van der Waals surface area contributed by atoms with Gasteiger partial charge in [-0.1, -0.05) is 57.2 Å². The fourth-order valence-corrected chi connectivity index (χ4v) is 3.54. The second kappa shape index (κ2) is 8.99. The summed E-state index contributed by atoms with van der Waals surface area (Å²) in [5.41, 5.74) is 11.1. The van der Waals surface area contributed by atoms with E-state index in [0.717, 1.165) is 5.56 Å². The maximum atomic E-state index is 12.9. The third-order valence-electron chi connectivity index (χ3n) is 5.39. The van der Waals surface area contributed by atoms with Crippen molar-refractivity contribution >= 4 is 40.1 Å². The van der Waals surface area contributed by atoms with Crippen molar-refractivity contribution < 1.29 is 9.53 Å². The average molecular weight is 445 g/mol. The van der Waals surface area contributed by atoms with E-state index in [9.17, 15) is 4.79 Å². The van der Waals surface area contributed by atoms with Gasteiger partial charge in [-0.2, -0.15) is 9.78 Å². The highest BCUT2D eigenvalue weighted by molar-refractivity contribution is 6.10. The highest BCUT2D eigenvalue weighted by Gasteiger charge is 2.24. The number of benzene rings is 2. The lowest BCUT2D eigenvalue weighted by atomic mass is 9.87. The van der Waals surface area contributed by atoms with Crippen LogP contribution in [-0.4, -0.2) is 47.0 Å². The number of fused-ring (bicyclic) bond motifs is 2. The molecule has 0 aliphatic rings. The van der Waals surface area contributed by atoms with Crippen LogP contribution in [0.2, 0.25) is 0 Å². The molecule has 33 heavy (non-hydrogen) atoms. The molecule has 0 unspecified atom stereocenters. The normalized spacial score (nSPS) is 12.1. The zero-order valence-corrected chi connectivity index (χ0v) is 19.3. The Morgan fingerprint density at radius 3 is 2.42 bits per heavy atom. The van der Waals surface area contributed by atoms with E-state index in [-0.39, 0.29) is 22.7 Å². The second-order valence-electron chi connectivity index (χ2n) is 8.82. The van der Waals surface area contributed by atoms with Crippen LogP contribution < -0.4 is 11.1 Å². The highest BCUT2D eigenvalue weighted by atomic mass is 16.5. The van der Waals surface area contributed by atoms with E-state index >= 15 is 0 Å². The van der Waals surface area contributed by atoms with Gasteiger partial charge in [0.15, 0.2) is 5.65 Å². The monoisotopic (exact) mass is 444 g/mol. The van der Waals surface area contributed by atoms with Gasteiger partial charge in [0.1, 0.15) is 16.9 Å². The summed E-state index contributed by atoms with van der Waals surface area (Å²) in [6.07, 6.45) is 1.70. The van der Waals surface area contributed by atoms with E-state index in [0.29, 0.717) is 35.3 Å². The summed E-state index contributed by atoms with van der Waals surface area (Å²) < 4.78 is 6.49. The number of nitrogens with zero attached hydrogens (tertiary/aromatic N) is 4. The van der Waals surface area contributed by atoms with Gasteiger partial charge >= 0.3 is 0 Å². The fourth-order valence-electron chi connectivity index (χ4n) is 3.54. The number of hydrogen-bond donors (Lipinski definition) is 2. The molecule has 2 aromatic heterocycles. The maximum Gasteiger partial charge on any atom is 0.257 e. The van der Waals surface area contributed by atoms with Gasteiger partial charge in [-0.25, -0.2) is 9.97 Å². The number of anilines is 1. The minimum atomic E-state index is -0.345. The first kappa shape index (κ1) is 22.4. The van der Waals surface area contributed by atoms with Crippen LogP contribution in [0.1, 0.15) is 42.3 Å². The third kappa shape index (κ3) is 4.56. The quantitative estimate of drug-likeness (QED) is 0.348. The number of nitrogen functional groups attached to an aromatic ring is 1. The smallest absolute Gasteiger partial charge is 0.257 e. The van der Waals surface area contributed by atoms with Gasteiger partial charge in [-0.05, 0) is 28.7 Å². The van der Waals surface area contributed by atoms with Crippen LogP contribution in [0.3, 0.4) is 0 Å². The van der Waals surface area contributed by atoms with Gasteiger partial charge in [0.05, 0.1) is 23.9 Å². The van der Waals surface area contributed by atoms with E-state index < -0.39 is 0 Å². The Bertz CT molecular complexity index is 1330. The van der Waals surface area contributed by atoms with E-state index in [1.165, 1.54) is 10.2 Å². The van der Waals surface area contributed by atoms with E-state index in [2.05, 4.69) is 48.3 Å². The van der Waals surface area contributed by atoms with Crippen molar-refractivity contribution in [2.24, 2.45) is 5.10 Å². The fraction of sp³-hybridized carbons (Fsp3) is 0.280. The van der Waals surface area contributed by atoms with Crippen LogP contribution in [0.25, 0.3) is 22.2 Å². The first-order chi connectivity index (χ1) is 15.8. The summed E-state index contributed by atoms with van der Waals surface area (Å²) >= 11 is 0. The van der Waals surface area contributed by atoms with Crippen LogP contribution in [0.5, 0.6) is 0 Å². The van der Waals surface area contributed by atoms with Gasteiger partial charge in [-0.15, -0.1) is 0 Å². The van der Waals surface area contributed by atoms with Crippen molar-refractivity contribution in [3.8, 4) is 0 Å². The predicted molar refractivity (Wildman–Crippen MR) is 132 cm³/mol. The standard InChI is InChI=1S/C25H28N6O2/c1-25(2,3)17-11-9-16(10-12-17)15-28-31-22(26)20(24(32)27-13-14-33-4)21-23(31)30-19-8-6-5-7-18(19)29-21/h5-12,15H,13-14,26H2,1-4H3,(H,27,32). The molecule has 3 N–H and O–H groups in total. The molecule has 0 saturated heterocycles. The Hall–Kier alpha value is -3.78. The molecular formula is C25H28N6O2. The number of nitrogens with two attached hydrogens (primary N) is 1. The molecule has 0 aliphatic heterocycles. The van der Waals surface area contributed by atoms with Gasteiger partial charge in [-0.3, -0.25) is 4.79 Å². The minimum Gasteiger partial charge on any atom is -0.383 e. The molecular weight excluding hydrogens is 416 g/mol. The molecule has 0 radical (unpaired) electrons. The number of aromatic nitrogens is 3. The van der Waals surface area contributed by atoms with Gasteiger partial charge in [0.25, 0.3) is 5.91 Å². The molecule has 0 atom stereocenters. The molecule has 0 saturated carbocycles. The molecule has 4 aromatic rings. The highest BCUT2D eigenvalue weighted by Crippen LogP contribution is 2.28. The van der Waals surface area contributed by atoms with Gasteiger partial charge in [0, 0.05) is 13.7 Å². The first-order valence-corrected chi connectivity index (χ1v) is 10.8. The summed E-state index contributed by atoms with van der Waals surface area (Å²) in [4.78, 5) is 22.3. The molecule has 1 amide bonds. The minimum absolute atomic E-state index is 0.0679. The predicted octanol–water partition coefficient (Wildman–Crippen LogP) is 3.72. The number of ether oxygens (including phenoxy) is 1. The van der Waals surface area contributed by atoms with Crippen molar-refractivity contribution in [1.29, 1.82) is 0 Å². The lowest BCUT2D eigenvalue weighted by molar-refractivity contribution is 0.0939. The number of carbonyl (C=O) groups is 1. The number of nitrogens with one attached hydrogen (secondary N) is 1. The van der Waals surface area contributed by atoms with Gasteiger partial charge in [0.2, 0.25) is 0 Å². The summed E-state index contributed by atoms with van der Waals surface area (Å²) in [5, 5.41) is 7.37. The summed E-state index contributed by atoms with van der Waals surface area (Å²) in [5.74, 6) is -0.166. The number of rotatable bonds is 6. The summed E-state index contributed by atoms with van der Waals surface area (Å²) in [6, 6.07) is 15.7. The topological polar surface area (TPSA) is 107 Å². The van der Waals surface area contributed by atoms with Crippen molar-refractivity contribution in [1.82, 2.24) is 20.0 Å². The number of amides is 1. The number of methoxy groups -OCH3 is 1. The summed E-state index contributed by atoms with van der Waals surface area (Å²) in [7, 11) is 1.58. The van der Waals surface area contributed by atoms with Crippen molar-refractivity contribution in [2.45, 2.75) is 26.2 Å². The molecule has 170 valence electrons. The number of hydrogen-bond acceptors (Lipinski definition) is 6. The molecule has 8 nitrogen and oxygen atoms in total. The zero-order valence-electron chi connectivity index (χ0n) is 19.3. The summed E-state index contributed by atoms with van der Waals surface area (Å²) in [6.45, 7) is 7.26. The average Bonchev–Trinajstić information content (AvgIpc) is 3.06. The Balaban J connectivity index is 1.79. The molecule has 8 heteroatoms. The molecule has 2 aromatic carbocycles. The lowest BCUT2D eigenvalue weighted by Gasteiger charge is -2.18. The zero-order chi connectivity index (χ0) is 23.6. The Kier molecular flexibility index (Phi) is 6.11. The molecule has 0 bridgehead atoms. The Labute approximate surface area is 192 Å². The third-order valence-corrected chi connectivity index (χ3v) is 5.39.